The molecule has 1 atom stereocenters. The van der Waals surface area contributed by atoms with Crippen LogP contribution in [0.2, 0.25) is 0 Å². The van der Waals surface area contributed by atoms with Crippen LogP contribution in [0.5, 0.6) is 0 Å². The van der Waals surface area contributed by atoms with Gasteiger partial charge in [-0.25, -0.2) is 0 Å². The fourth-order valence-corrected chi connectivity index (χ4v) is 2.96. The fourth-order valence-electron chi connectivity index (χ4n) is 2.84. The largest absolute Gasteiger partial charge is 0.460 e. The van der Waals surface area contributed by atoms with Gasteiger partial charge in [0.05, 0.1) is 6.54 Å². The molecular weight excluding hydrogens is 510 g/mol. The van der Waals surface area contributed by atoms with Crippen LogP contribution in [0.3, 0.4) is 0 Å². The van der Waals surface area contributed by atoms with Gasteiger partial charge in [0.15, 0.2) is 0 Å². The summed E-state index contributed by atoms with van der Waals surface area (Å²) in [6.07, 6.45) is 4.04. The fraction of sp³-hybridized carbons (Fsp3) is 0.455. The summed E-state index contributed by atoms with van der Waals surface area (Å²) in [5.74, 6) is -0.798. The van der Waals surface area contributed by atoms with Gasteiger partial charge in [-0.3, -0.25) is 14.9 Å². The van der Waals surface area contributed by atoms with Gasteiger partial charge >= 0.3 is 11.9 Å². The third kappa shape index (κ3) is 19.8. The third-order valence-corrected chi connectivity index (χ3v) is 4.71. The molecule has 6 heteroatoms. The van der Waals surface area contributed by atoms with E-state index in [0.29, 0.717) is 0 Å². The van der Waals surface area contributed by atoms with E-state index in [1.54, 1.807) is 27.7 Å². The highest BCUT2D eigenvalue weighted by atomic mass is 35.5. The molecule has 218 valence electrons. The van der Waals surface area contributed by atoms with Crippen LogP contribution in [-0.4, -0.2) is 30.1 Å². The first-order chi connectivity index (χ1) is 18.4. The first-order valence-corrected chi connectivity index (χ1v) is 14.0. The number of esters is 2. The molecule has 1 unspecified atom stereocenters. The van der Waals surface area contributed by atoms with E-state index in [1.807, 2.05) is 78.0 Å². The predicted molar refractivity (Wildman–Crippen MR) is 167 cm³/mol. The minimum absolute atomic E-state index is 0.0289. The van der Waals surface area contributed by atoms with Gasteiger partial charge in [-0.15, -0.1) is 0 Å². The molecule has 0 aliphatic rings. The van der Waals surface area contributed by atoms with E-state index in [-0.39, 0.29) is 13.2 Å². The monoisotopic (exact) mass is 559 g/mol. The van der Waals surface area contributed by atoms with Crippen LogP contribution in [-0.2, 0) is 25.7 Å². The first-order valence-electron chi connectivity index (χ1n) is 13.6. The van der Waals surface area contributed by atoms with Crippen LogP contribution in [0.1, 0.15) is 85.9 Å². The molecule has 0 bridgehead atoms. The molecular formula is C33H50ClNO4. The first kappa shape index (κ1) is 38.3. The van der Waals surface area contributed by atoms with Gasteiger partial charge in [0.2, 0.25) is 0 Å². The number of carbonyl (C=O) groups excluding carboxylic acids is 2. The standard InChI is InChI=1S/C16H23NO4.C13H15Cl.2C2H6/c1-12(17-10-14(18)21-16(2,3)4)15(19)20-11-13-8-6-5-7-9-13;1-4-12(9-11(3)14)13-7-5-10(2)6-8-13;2*1-2/h5-9,12,17H,10-11H2,1-4H3;4-9H,1-3H3;2*1-2H3/b;11-9+,12-4+;;. The number of hydrogen-bond donors (Lipinski definition) is 1. The van der Waals surface area contributed by atoms with Crippen LogP contribution < -0.4 is 5.32 Å². The minimum Gasteiger partial charge on any atom is -0.460 e. The molecule has 0 radical (unpaired) electrons. The van der Waals surface area contributed by atoms with Crippen molar-refractivity contribution in [1.29, 1.82) is 0 Å². The second kappa shape index (κ2) is 22.0. The summed E-state index contributed by atoms with van der Waals surface area (Å²) in [5.41, 5.74) is 4.03. The van der Waals surface area contributed by atoms with Gasteiger partial charge in [0, 0.05) is 5.03 Å². The Morgan fingerprint density at radius 1 is 0.974 bits per heavy atom. The molecule has 2 rings (SSSR count). The Balaban J connectivity index is 0. The highest BCUT2D eigenvalue weighted by Crippen LogP contribution is 2.19. The van der Waals surface area contributed by atoms with Crippen LogP contribution in [0.25, 0.3) is 5.57 Å². The van der Waals surface area contributed by atoms with Crippen molar-refractivity contribution in [2.24, 2.45) is 0 Å². The molecule has 0 saturated carbocycles. The van der Waals surface area contributed by atoms with E-state index in [0.717, 1.165) is 16.2 Å². The molecule has 1 N–H and O–H groups in total. The number of carbonyl (C=O) groups is 2. The summed E-state index contributed by atoms with van der Waals surface area (Å²) in [4.78, 5) is 23.3. The van der Waals surface area contributed by atoms with Gasteiger partial charge in [-0.05, 0) is 71.2 Å². The second-order valence-electron chi connectivity index (χ2n) is 9.12. The van der Waals surface area contributed by atoms with Crippen molar-refractivity contribution in [1.82, 2.24) is 5.32 Å². The molecule has 0 saturated heterocycles. The number of aryl methyl sites for hydroxylation is 1. The van der Waals surface area contributed by atoms with E-state index in [9.17, 15) is 9.59 Å². The SMILES string of the molecule is C/C=C(\C=C(/C)Cl)c1ccc(C)cc1.CC.CC.CC(NCC(=O)OC(C)(C)C)C(=O)OCc1ccccc1. The summed E-state index contributed by atoms with van der Waals surface area (Å²) in [6.45, 7) is 21.2. The zero-order chi connectivity index (χ0) is 30.4. The molecule has 0 heterocycles. The van der Waals surface area contributed by atoms with E-state index >= 15 is 0 Å². The van der Waals surface area contributed by atoms with E-state index in [2.05, 4.69) is 42.6 Å². The average Bonchev–Trinajstić information content (AvgIpc) is 2.91. The van der Waals surface area contributed by atoms with Crippen molar-refractivity contribution < 1.29 is 19.1 Å². The maximum atomic E-state index is 11.8. The van der Waals surface area contributed by atoms with Crippen molar-refractivity contribution in [3.8, 4) is 0 Å². The van der Waals surface area contributed by atoms with E-state index in [4.69, 9.17) is 21.1 Å². The van der Waals surface area contributed by atoms with E-state index in [1.165, 1.54) is 11.1 Å². The summed E-state index contributed by atoms with van der Waals surface area (Å²) in [6, 6.07) is 17.3. The van der Waals surface area contributed by atoms with Crippen molar-refractivity contribution in [3.63, 3.8) is 0 Å². The quantitative estimate of drug-likeness (QED) is 0.259. The Bertz CT molecular complexity index is 987. The smallest absolute Gasteiger partial charge is 0.323 e. The van der Waals surface area contributed by atoms with Crippen molar-refractivity contribution in [2.75, 3.05) is 6.54 Å². The highest BCUT2D eigenvalue weighted by molar-refractivity contribution is 6.29. The molecule has 0 spiro atoms. The number of benzene rings is 2. The Morgan fingerprint density at radius 3 is 1.97 bits per heavy atom. The molecule has 0 amide bonds. The van der Waals surface area contributed by atoms with Crippen LogP contribution >= 0.6 is 11.6 Å². The normalized spacial score (nSPS) is 11.8. The lowest BCUT2D eigenvalue weighted by atomic mass is 10.0. The number of halogens is 1. The Morgan fingerprint density at radius 2 is 1.51 bits per heavy atom. The zero-order valence-electron chi connectivity index (χ0n) is 25.9. The molecule has 2 aromatic rings. The summed E-state index contributed by atoms with van der Waals surface area (Å²) in [7, 11) is 0. The number of hydrogen-bond acceptors (Lipinski definition) is 5. The van der Waals surface area contributed by atoms with Crippen LogP contribution in [0.4, 0.5) is 0 Å². The highest BCUT2D eigenvalue weighted by Gasteiger charge is 2.19. The van der Waals surface area contributed by atoms with E-state index < -0.39 is 23.6 Å². The summed E-state index contributed by atoms with van der Waals surface area (Å²) >= 11 is 5.85. The maximum absolute atomic E-state index is 11.8. The number of allylic oxidation sites excluding steroid dienone is 4. The Kier molecular flexibility index (Phi) is 21.6. The van der Waals surface area contributed by atoms with Gasteiger partial charge in [0.25, 0.3) is 0 Å². The lowest BCUT2D eigenvalue weighted by Crippen LogP contribution is -2.40. The zero-order valence-corrected chi connectivity index (χ0v) is 26.6. The number of nitrogens with one attached hydrogen (secondary N) is 1. The lowest BCUT2D eigenvalue weighted by molar-refractivity contribution is -0.154. The molecule has 0 fully saturated rings. The third-order valence-electron chi connectivity index (χ3n) is 4.60. The predicted octanol–water partition coefficient (Wildman–Crippen LogP) is 8.64. The Hall–Kier alpha value is -2.89. The van der Waals surface area contributed by atoms with Gasteiger partial charge < -0.3 is 9.47 Å². The molecule has 5 nitrogen and oxygen atoms in total. The van der Waals surface area contributed by atoms with Gasteiger partial charge in [-0.1, -0.05) is 106 Å². The molecule has 2 aromatic carbocycles. The van der Waals surface area contributed by atoms with Crippen molar-refractivity contribution >= 4 is 29.1 Å². The number of rotatable bonds is 8. The summed E-state index contributed by atoms with van der Waals surface area (Å²) < 4.78 is 10.3. The topological polar surface area (TPSA) is 64.6 Å². The molecule has 39 heavy (non-hydrogen) atoms. The van der Waals surface area contributed by atoms with Gasteiger partial charge in [0.1, 0.15) is 18.2 Å². The number of ether oxygens (including phenoxy) is 2. The minimum atomic E-state index is -0.568. The van der Waals surface area contributed by atoms with Crippen LogP contribution in [0.15, 0.2) is 71.8 Å². The average molecular weight is 560 g/mol. The van der Waals surface area contributed by atoms with Crippen molar-refractivity contribution in [3.05, 3.63) is 88.5 Å². The molecule has 0 aromatic heterocycles. The van der Waals surface area contributed by atoms with Crippen LogP contribution in [0, 0.1) is 6.92 Å². The maximum Gasteiger partial charge on any atom is 0.323 e. The molecule has 0 aliphatic heterocycles. The molecule has 0 aliphatic carbocycles. The van der Waals surface area contributed by atoms with Gasteiger partial charge in [-0.2, -0.15) is 0 Å². The van der Waals surface area contributed by atoms with Crippen molar-refractivity contribution in [2.45, 2.75) is 94.4 Å². The lowest BCUT2D eigenvalue weighted by Gasteiger charge is -2.20. The second-order valence-corrected chi connectivity index (χ2v) is 9.72. The Labute approximate surface area is 242 Å². The summed E-state index contributed by atoms with van der Waals surface area (Å²) in [5, 5.41) is 3.60.